The minimum Gasteiger partial charge on any atom is -0.444 e. The molecule has 0 spiro atoms. The second kappa shape index (κ2) is 7.13. The minimum atomic E-state index is -0.403. The predicted octanol–water partition coefficient (Wildman–Crippen LogP) is 3.02. The summed E-state index contributed by atoms with van der Waals surface area (Å²) in [4.78, 5) is 13.9. The Hall–Kier alpha value is -0.770. The average molecular weight is 270 g/mol. The van der Waals surface area contributed by atoms with Crippen LogP contribution in [0.2, 0.25) is 0 Å². The number of carbonyl (C=O) groups excluding carboxylic acids is 1. The van der Waals surface area contributed by atoms with Gasteiger partial charge in [0.05, 0.1) is 0 Å². The highest BCUT2D eigenvalue weighted by molar-refractivity contribution is 5.68. The first kappa shape index (κ1) is 16.3. The van der Waals surface area contributed by atoms with E-state index in [-0.39, 0.29) is 6.09 Å². The Labute approximate surface area is 117 Å². The third kappa shape index (κ3) is 5.39. The van der Waals surface area contributed by atoms with E-state index in [0.717, 1.165) is 38.9 Å². The molecule has 0 aromatic heterocycles. The van der Waals surface area contributed by atoms with Crippen molar-refractivity contribution in [3.05, 3.63) is 0 Å². The number of likely N-dealkylation sites (tertiary alicyclic amines) is 1. The van der Waals surface area contributed by atoms with Crippen molar-refractivity contribution in [2.45, 2.75) is 65.5 Å². The molecule has 1 saturated heterocycles. The fourth-order valence-electron chi connectivity index (χ4n) is 2.58. The molecule has 19 heavy (non-hydrogen) atoms. The minimum absolute atomic E-state index is 0.166. The van der Waals surface area contributed by atoms with E-state index in [9.17, 15) is 4.79 Å². The monoisotopic (exact) mass is 270 g/mol. The van der Waals surface area contributed by atoms with E-state index >= 15 is 0 Å². The van der Waals surface area contributed by atoms with E-state index in [0.29, 0.717) is 12.0 Å². The van der Waals surface area contributed by atoms with Crippen LogP contribution in [0.25, 0.3) is 0 Å². The molecular formula is C15H30N2O2. The number of nitrogens with one attached hydrogen (secondary N) is 1. The van der Waals surface area contributed by atoms with Gasteiger partial charge in [-0.3, -0.25) is 0 Å². The van der Waals surface area contributed by atoms with Gasteiger partial charge in [0.25, 0.3) is 0 Å². The SMILES string of the molecule is CCCNC(CC)C1CCN(C(=O)OC(C)(C)C)C1. The molecule has 1 aliphatic rings. The quantitative estimate of drug-likeness (QED) is 0.835. The number of carbonyl (C=O) groups is 1. The van der Waals surface area contributed by atoms with Gasteiger partial charge in [-0.25, -0.2) is 4.79 Å². The van der Waals surface area contributed by atoms with Gasteiger partial charge >= 0.3 is 6.09 Å². The molecule has 4 nitrogen and oxygen atoms in total. The zero-order valence-corrected chi connectivity index (χ0v) is 13.2. The van der Waals surface area contributed by atoms with Gasteiger partial charge in [0.2, 0.25) is 0 Å². The summed E-state index contributed by atoms with van der Waals surface area (Å²) in [6.45, 7) is 12.8. The molecular weight excluding hydrogens is 240 g/mol. The second-order valence-corrected chi connectivity index (χ2v) is 6.44. The third-order valence-electron chi connectivity index (χ3n) is 3.54. The van der Waals surface area contributed by atoms with E-state index in [1.165, 1.54) is 0 Å². The Morgan fingerprint density at radius 1 is 1.42 bits per heavy atom. The van der Waals surface area contributed by atoms with Gasteiger partial charge in [-0.15, -0.1) is 0 Å². The number of rotatable bonds is 5. The molecule has 0 aliphatic carbocycles. The van der Waals surface area contributed by atoms with Crippen molar-refractivity contribution in [2.75, 3.05) is 19.6 Å². The van der Waals surface area contributed by atoms with Crippen LogP contribution in [0.15, 0.2) is 0 Å². The lowest BCUT2D eigenvalue weighted by molar-refractivity contribution is 0.0285. The van der Waals surface area contributed by atoms with E-state index in [2.05, 4.69) is 19.2 Å². The molecule has 2 unspecified atom stereocenters. The van der Waals surface area contributed by atoms with Crippen LogP contribution in [0.1, 0.15) is 53.9 Å². The summed E-state index contributed by atoms with van der Waals surface area (Å²) < 4.78 is 5.43. The maximum absolute atomic E-state index is 12.0. The highest BCUT2D eigenvalue weighted by Crippen LogP contribution is 2.23. The van der Waals surface area contributed by atoms with Crippen LogP contribution in [-0.2, 0) is 4.74 Å². The van der Waals surface area contributed by atoms with Crippen LogP contribution in [0, 0.1) is 5.92 Å². The van der Waals surface area contributed by atoms with E-state index < -0.39 is 5.60 Å². The first-order chi connectivity index (χ1) is 8.87. The lowest BCUT2D eigenvalue weighted by Crippen LogP contribution is -2.40. The summed E-state index contributed by atoms with van der Waals surface area (Å²) in [6, 6.07) is 0.521. The highest BCUT2D eigenvalue weighted by atomic mass is 16.6. The lowest BCUT2D eigenvalue weighted by Gasteiger charge is -2.26. The molecule has 0 bridgehead atoms. The molecule has 1 aliphatic heterocycles. The number of amides is 1. The summed E-state index contributed by atoms with van der Waals surface area (Å²) in [6.07, 6.45) is 3.18. The standard InChI is InChI=1S/C15H30N2O2/c1-6-9-16-13(7-2)12-8-10-17(11-12)14(18)19-15(3,4)5/h12-13,16H,6-11H2,1-5H3. The van der Waals surface area contributed by atoms with Crippen LogP contribution in [0.3, 0.4) is 0 Å². The Bertz CT molecular complexity index is 286. The van der Waals surface area contributed by atoms with Gasteiger partial charge in [0, 0.05) is 19.1 Å². The van der Waals surface area contributed by atoms with Crippen molar-refractivity contribution in [1.29, 1.82) is 0 Å². The zero-order valence-electron chi connectivity index (χ0n) is 13.2. The van der Waals surface area contributed by atoms with Crippen molar-refractivity contribution >= 4 is 6.09 Å². The van der Waals surface area contributed by atoms with Gasteiger partial charge in [-0.2, -0.15) is 0 Å². The molecule has 1 fully saturated rings. The van der Waals surface area contributed by atoms with Crippen LogP contribution in [0.4, 0.5) is 4.79 Å². The van der Waals surface area contributed by atoms with Gasteiger partial charge in [0.15, 0.2) is 0 Å². The Kier molecular flexibility index (Phi) is 6.11. The van der Waals surface area contributed by atoms with E-state index in [1.807, 2.05) is 25.7 Å². The largest absolute Gasteiger partial charge is 0.444 e. The molecule has 1 rings (SSSR count). The Morgan fingerprint density at radius 3 is 2.63 bits per heavy atom. The summed E-state index contributed by atoms with van der Waals surface area (Å²) in [5.74, 6) is 0.559. The van der Waals surface area contributed by atoms with Gasteiger partial charge in [-0.05, 0) is 52.5 Å². The summed E-state index contributed by atoms with van der Waals surface area (Å²) in [5.41, 5.74) is -0.403. The van der Waals surface area contributed by atoms with Crippen molar-refractivity contribution < 1.29 is 9.53 Å². The van der Waals surface area contributed by atoms with Crippen molar-refractivity contribution in [3.8, 4) is 0 Å². The van der Waals surface area contributed by atoms with Gasteiger partial charge < -0.3 is 15.0 Å². The van der Waals surface area contributed by atoms with Gasteiger partial charge in [-0.1, -0.05) is 13.8 Å². The summed E-state index contributed by atoms with van der Waals surface area (Å²) >= 11 is 0. The molecule has 0 saturated carbocycles. The van der Waals surface area contributed by atoms with Crippen LogP contribution in [0.5, 0.6) is 0 Å². The topological polar surface area (TPSA) is 41.6 Å². The first-order valence-corrected chi connectivity index (χ1v) is 7.58. The second-order valence-electron chi connectivity index (χ2n) is 6.44. The maximum Gasteiger partial charge on any atom is 0.410 e. The number of hydrogen-bond acceptors (Lipinski definition) is 3. The lowest BCUT2D eigenvalue weighted by atomic mass is 9.96. The molecule has 1 heterocycles. The fraction of sp³-hybridized carbons (Fsp3) is 0.933. The maximum atomic E-state index is 12.0. The van der Waals surface area contributed by atoms with E-state index in [4.69, 9.17) is 4.74 Å². The number of ether oxygens (including phenoxy) is 1. The van der Waals surface area contributed by atoms with Crippen LogP contribution < -0.4 is 5.32 Å². The number of nitrogens with zero attached hydrogens (tertiary/aromatic N) is 1. The fourth-order valence-corrected chi connectivity index (χ4v) is 2.58. The highest BCUT2D eigenvalue weighted by Gasteiger charge is 2.32. The molecule has 4 heteroatoms. The molecule has 0 aromatic carbocycles. The average Bonchev–Trinajstić information content (AvgIpc) is 2.77. The van der Waals surface area contributed by atoms with Crippen molar-refractivity contribution in [1.82, 2.24) is 10.2 Å². The van der Waals surface area contributed by atoms with Crippen molar-refractivity contribution in [3.63, 3.8) is 0 Å². The molecule has 2 atom stereocenters. The molecule has 0 aromatic rings. The van der Waals surface area contributed by atoms with Crippen LogP contribution >= 0.6 is 0 Å². The smallest absolute Gasteiger partial charge is 0.410 e. The Morgan fingerprint density at radius 2 is 2.11 bits per heavy atom. The molecule has 1 N–H and O–H groups in total. The van der Waals surface area contributed by atoms with Crippen LogP contribution in [-0.4, -0.2) is 42.3 Å². The molecule has 112 valence electrons. The van der Waals surface area contributed by atoms with Gasteiger partial charge in [0.1, 0.15) is 5.60 Å². The Balaban J connectivity index is 2.45. The molecule has 0 radical (unpaired) electrons. The molecule has 1 amide bonds. The summed E-state index contributed by atoms with van der Waals surface area (Å²) in [7, 11) is 0. The third-order valence-corrected chi connectivity index (χ3v) is 3.54. The predicted molar refractivity (Wildman–Crippen MR) is 78.3 cm³/mol. The first-order valence-electron chi connectivity index (χ1n) is 7.58. The number of hydrogen-bond donors (Lipinski definition) is 1. The normalized spacial score (nSPS) is 21.5. The van der Waals surface area contributed by atoms with E-state index in [1.54, 1.807) is 0 Å². The zero-order chi connectivity index (χ0) is 14.5. The summed E-state index contributed by atoms with van der Waals surface area (Å²) in [5, 5.41) is 3.59. The van der Waals surface area contributed by atoms with Crippen molar-refractivity contribution in [2.24, 2.45) is 5.92 Å².